The largest absolute Gasteiger partial charge is 0.494 e. The molecule has 0 aliphatic rings. The van der Waals surface area contributed by atoms with Gasteiger partial charge in [-0.05, 0) is 26.0 Å². The maximum Gasteiger partial charge on any atom is 0.121 e. The zero-order chi connectivity index (χ0) is 12.0. The van der Waals surface area contributed by atoms with E-state index in [1.807, 2.05) is 32.0 Å². The molecule has 0 atom stereocenters. The molecule has 0 spiro atoms. The average molecular weight is 216 g/mol. The van der Waals surface area contributed by atoms with E-state index < -0.39 is 0 Å². The molecule has 1 rings (SSSR count). The van der Waals surface area contributed by atoms with Crippen LogP contribution in [0.25, 0.3) is 5.57 Å². The van der Waals surface area contributed by atoms with Gasteiger partial charge in [-0.2, -0.15) is 5.26 Å². The summed E-state index contributed by atoms with van der Waals surface area (Å²) in [5.74, 6) is 0.799. The highest BCUT2D eigenvalue weighted by Gasteiger charge is 2.06. The Hall–Kier alpha value is -1.95. The number of ether oxygens (including phenoxy) is 1. The molecular weight excluding hydrogens is 200 g/mol. The summed E-state index contributed by atoms with van der Waals surface area (Å²) < 4.78 is 5.41. The van der Waals surface area contributed by atoms with Crippen LogP contribution in [0.5, 0.6) is 5.75 Å². The third kappa shape index (κ3) is 2.77. The lowest BCUT2D eigenvalue weighted by molar-refractivity contribution is 0.340. The van der Waals surface area contributed by atoms with Gasteiger partial charge in [0, 0.05) is 23.9 Å². The summed E-state index contributed by atoms with van der Waals surface area (Å²) in [6.07, 6.45) is 0. The number of hydrogen-bond acceptors (Lipinski definition) is 3. The lowest BCUT2D eigenvalue weighted by atomic mass is 10.1. The molecule has 0 heterocycles. The van der Waals surface area contributed by atoms with Gasteiger partial charge in [0.25, 0.3) is 0 Å². The van der Waals surface area contributed by atoms with Gasteiger partial charge in [-0.3, -0.25) is 0 Å². The van der Waals surface area contributed by atoms with E-state index in [1.165, 1.54) is 0 Å². The van der Waals surface area contributed by atoms with Crippen LogP contribution in [0.15, 0.2) is 24.8 Å². The van der Waals surface area contributed by atoms with Crippen LogP contribution in [0.4, 0.5) is 5.69 Å². The van der Waals surface area contributed by atoms with Gasteiger partial charge in [0.1, 0.15) is 5.75 Å². The minimum atomic E-state index is 0.457. The number of nitrogens with zero attached hydrogens (tertiary/aromatic N) is 1. The number of rotatable bonds is 5. The first kappa shape index (κ1) is 12.1. The van der Waals surface area contributed by atoms with Crippen molar-refractivity contribution < 1.29 is 4.74 Å². The zero-order valence-corrected chi connectivity index (χ0v) is 9.71. The Morgan fingerprint density at radius 2 is 2.25 bits per heavy atom. The van der Waals surface area contributed by atoms with E-state index in [0.717, 1.165) is 23.5 Å². The minimum absolute atomic E-state index is 0.457. The van der Waals surface area contributed by atoms with Gasteiger partial charge >= 0.3 is 0 Å². The topological polar surface area (TPSA) is 45.0 Å². The Bertz CT molecular complexity index is 418. The van der Waals surface area contributed by atoms with Gasteiger partial charge in [0.2, 0.25) is 0 Å². The Morgan fingerprint density at radius 3 is 2.81 bits per heavy atom. The second kappa shape index (κ2) is 5.82. The van der Waals surface area contributed by atoms with Crippen molar-refractivity contribution in [2.45, 2.75) is 13.8 Å². The summed E-state index contributed by atoms with van der Waals surface area (Å²) in [6, 6.07) is 7.66. The first-order valence-electron chi connectivity index (χ1n) is 5.33. The third-order valence-corrected chi connectivity index (χ3v) is 2.13. The molecule has 0 bridgehead atoms. The summed E-state index contributed by atoms with van der Waals surface area (Å²) in [4.78, 5) is 0. The highest BCUT2D eigenvalue weighted by molar-refractivity contribution is 5.83. The SMILES string of the molecule is C=C(C#N)c1ccc(OCC)cc1NCC. The van der Waals surface area contributed by atoms with Gasteiger partial charge in [-0.1, -0.05) is 6.58 Å². The van der Waals surface area contributed by atoms with Gasteiger partial charge in [0.05, 0.1) is 18.2 Å². The number of nitrogens with one attached hydrogen (secondary N) is 1. The molecule has 0 saturated heterocycles. The molecule has 3 nitrogen and oxygen atoms in total. The third-order valence-electron chi connectivity index (χ3n) is 2.13. The maximum atomic E-state index is 8.84. The standard InChI is InChI=1S/C13H16N2O/c1-4-15-13-8-11(16-5-2)6-7-12(13)10(3)9-14/h6-8,15H,3-5H2,1-2H3. The van der Waals surface area contributed by atoms with Crippen molar-refractivity contribution >= 4 is 11.3 Å². The van der Waals surface area contributed by atoms with Crippen LogP contribution in [0.3, 0.4) is 0 Å². The Labute approximate surface area is 96.4 Å². The molecule has 0 unspecified atom stereocenters. The highest BCUT2D eigenvalue weighted by atomic mass is 16.5. The number of anilines is 1. The van der Waals surface area contributed by atoms with Gasteiger partial charge in [0.15, 0.2) is 0 Å². The summed E-state index contributed by atoms with van der Waals surface area (Å²) >= 11 is 0. The molecule has 0 fully saturated rings. The second-order valence-corrected chi connectivity index (χ2v) is 3.26. The Balaban J connectivity index is 3.09. The van der Waals surface area contributed by atoms with Crippen molar-refractivity contribution in [2.24, 2.45) is 0 Å². The number of nitriles is 1. The molecule has 0 radical (unpaired) electrons. The molecule has 1 aromatic rings. The Morgan fingerprint density at radius 1 is 1.50 bits per heavy atom. The molecule has 0 amide bonds. The van der Waals surface area contributed by atoms with E-state index in [1.54, 1.807) is 0 Å². The highest BCUT2D eigenvalue weighted by Crippen LogP contribution is 2.27. The van der Waals surface area contributed by atoms with E-state index >= 15 is 0 Å². The second-order valence-electron chi connectivity index (χ2n) is 3.26. The smallest absolute Gasteiger partial charge is 0.121 e. The molecular formula is C13H16N2O. The molecule has 1 N–H and O–H groups in total. The predicted molar refractivity (Wildman–Crippen MR) is 66.4 cm³/mol. The monoisotopic (exact) mass is 216 g/mol. The predicted octanol–water partition coefficient (Wildman–Crippen LogP) is 3.05. The van der Waals surface area contributed by atoms with Crippen molar-refractivity contribution in [3.63, 3.8) is 0 Å². The molecule has 84 valence electrons. The normalized spacial score (nSPS) is 9.31. The lowest BCUT2D eigenvalue weighted by Crippen LogP contribution is -2.01. The van der Waals surface area contributed by atoms with Crippen molar-refractivity contribution in [2.75, 3.05) is 18.5 Å². The first-order valence-corrected chi connectivity index (χ1v) is 5.33. The molecule has 16 heavy (non-hydrogen) atoms. The molecule has 0 aromatic heterocycles. The summed E-state index contributed by atoms with van der Waals surface area (Å²) in [6.45, 7) is 9.09. The summed E-state index contributed by atoms with van der Waals surface area (Å²) in [5, 5.41) is 12.0. The van der Waals surface area contributed by atoms with Crippen LogP contribution in [-0.2, 0) is 0 Å². The minimum Gasteiger partial charge on any atom is -0.494 e. The fraction of sp³-hybridized carbons (Fsp3) is 0.308. The van der Waals surface area contributed by atoms with Crippen molar-refractivity contribution in [1.82, 2.24) is 0 Å². The van der Waals surface area contributed by atoms with Crippen LogP contribution in [0.2, 0.25) is 0 Å². The van der Waals surface area contributed by atoms with Crippen LogP contribution in [0.1, 0.15) is 19.4 Å². The van der Waals surface area contributed by atoms with E-state index in [0.29, 0.717) is 12.2 Å². The van der Waals surface area contributed by atoms with Gasteiger partial charge in [-0.15, -0.1) is 0 Å². The quantitative estimate of drug-likeness (QED) is 0.769. The Kier molecular flexibility index (Phi) is 4.41. The maximum absolute atomic E-state index is 8.84. The zero-order valence-electron chi connectivity index (χ0n) is 9.71. The van der Waals surface area contributed by atoms with Crippen molar-refractivity contribution in [3.8, 4) is 11.8 Å². The van der Waals surface area contributed by atoms with Gasteiger partial charge in [-0.25, -0.2) is 0 Å². The van der Waals surface area contributed by atoms with Crippen molar-refractivity contribution in [1.29, 1.82) is 5.26 Å². The lowest BCUT2D eigenvalue weighted by Gasteiger charge is -2.11. The van der Waals surface area contributed by atoms with Crippen LogP contribution >= 0.6 is 0 Å². The molecule has 0 aliphatic carbocycles. The molecule has 0 saturated carbocycles. The fourth-order valence-electron chi connectivity index (χ4n) is 1.44. The van der Waals surface area contributed by atoms with E-state index in [2.05, 4.69) is 18.0 Å². The van der Waals surface area contributed by atoms with Gasteiger partial charge < -0.3 is 10.1 Å². The summed E-state index contributed by atoms with van der Waals surface area (Å²) in [7, 11) is 0. The van der Waals surface area contributed by atoms with E-state index in [4.69, 9.17) is 10.00 Å². The number of allylic oxidation sites excluding steroid dienone is 1. The van der Waals surface area contributed by atoms with Crippen LogP contribution in [-0.4, -0.2) is 13.2 Å². The van der Waals surface area contributed by atoms with Crippen molar-refractivity contribution in [3.05, 3.63) is 30.3 Å². The number of benzene rings is 1. The number of hydrogen-bond donors (Lipinski definition) is 1. The fourth-order valence-corrected chi connectivity index (χ4v) is 1.44. The average Bonchev–Trinajstić information content (AvgIpc) is 2.29. The van der Waals surface area contributed by atoms with E-state index in [9.17, 15) is 0 Å². The van der Waals surface area contributed by atoms with E-state index in [-0.39, 0.29) is 0 Å². The first-order chi connectivity index (χ1) is 7.72. The van der Waals surface area contributed by atoms with Crippen LogP contribution < -0.4 is 10.1 Å². The van der Waals surface area contributed by atoms with Crippen LogP contribution in [0, 0.1) is 11.3 Å². The molecule has 3 heteroatoms. The summed E-state index contributed by atoms with van der Waals surface area (Å²) in [5.41, 5.74) is 2.17. The molecule has 1 aromatic carbocycles. The molecule has 0 aliphatic heterocycles.